The van der Waals surface area contributed by atoms with E-state index >= 15 is 0 Å². The highest BCUT2D eigenvalue weighted by Crippen LogP contribution is 2.50. The largest absolute Gasteiger partial charge is 0.383 e. The molecule has 0 saturated carbocycles. The molecule has 0 spiro atoms. The monoisotopic (exact) mass is 170 g/mol. The molecule has 0 aromatic rings. The van der Waals surface area contributed by atoms with Gasteiger partial charge in [0.15, 0.2) is 0 Å². The van der Waals surface area contributed by atoms with Gasteiger partial charge in [-0.15, -0.1) is 0 Å². The first-order chi connectivity index (χ1) is 3.92. The Morgan fingerprint density at radius 3 is 2.11 bits per heavy atom. The summed E-state index contributed by atoms with van der Waals surface area (Å²) in [7, 11) is 0. The van der Waals surface area contributed by atoms with Crippen molar-refractivity contribution in [3.05, 3.63) is 0 Å². The second-order valence-corrected chi connectivity index (χ2v) is 5.95. The fourth-order valence-electron chi connectivity index (χ4n) is 0.246. The van der Waals surface area contributed by atoms with Crippen molar-refractivity contribution >= 4 is 18.2 Å². The zero-order valence-electron chi connectivity index (χ0n) is 5.44. The zero-order valence-corrected chi connectivity index (χ0v) is 7.15. The van der Waals surface area contributed by atoms with Crippen LogP contribution in [-0.2, 0) is 4.57 Å². The van der Waals surface area contributed by atoms with E-state index < -0.39 is 6.80 Å². The molecule has 3 nitrogen and oxygen atoms in total. The van der Waals surface area contributed by atoms with Gasteiger partial charge in [-0.2, -0.15) is 0 Å². The van der Waals surface area contributed by atoms with E-state index in [-0.39, 0.29) is 0 Å². The molecule has 0 rings (SSSR count). The molecule has 0 aromatic carbocycles. The van der Waals surface area contributed by atoms with Gasteiger partial charge in [-0.25, -0.2) is 4.57 Å². The maximum atomic E-state index is 10.2. The Balaban J connectivity index is 3.40. The lowest BCUT2D eigenvalue weighted by Crippen LogP contribution is -1.89. The van der Waals surface area contributed by atoms with Gasteiger partial charge in [0.1, 0.15) is 0 Å². The lowest BCUT2D eigenvalue weighted by Gasteiger charge is -2.04. The normalized spacial score (nSPS) is 12.6. The molecular formula is C4H11O3PS. The maximum absolute atomic E-state index is 10.2. The molecule has 2 N–H and O–H groups in total. The van der Waals surface area contributed by atoms with Crippen LogP contribution in [0.5, 0.6) is 0 Å². The van der Waals surface area contributed by atoms with Crippen LogP contribution >= 0.6 is 18.2 Å². The smallest absolute Gasteiger partial charge is 0.317 e. The molecule has 0 fully saturated rings. The average molecular weight is 170 g/mol. The van der Waals surface area contributed by atoms with Crippen molar-refractivity contribution in [2.75, 3.05) is 5.75 Å². The van der Waals surface area contributed by atoms with Crippen LogP contribution in [0.25, 0.3) is 0 Å². The summed E-state index contributed by atoms with van der Waals surface area (Å²) in [5.74, 6) is 0.854. The quantitative estimate of drug-likeness (QED) is 0.629. The van der Waals surface area contributed by atoms with Crippen molar-refractivity contribution in [1.82, 2.24) is 0 Å². The Morgan fingerprint density at radius 2 is 2.00 bits per heavy atom. The highest BCUT2D eigenvalue weighted by molar-refractivity contribution is 8.54. The molecule has 5 heteroatoms. The zero-order chi connectivity index (χ0) is 7.49. The van der Waals surface area contributed by atoms with Crippen LogP contribution < -0.4 is 0 Å². The molecule has 0 atom stereocenters. The van der Waals surface area contributed by atoms with Crippen molar-refractivity contribution in [1.29, 1.82) is 0 Å². The van der Waals surface area contributed by atoms with Gasteiger partial charge in [0.25, 0.3) is 0 Å². The van der Waals surface area contributed by atoms with Crippen molar-refractivity contribution in [2.24, 2.45) is 5.92 Å². The van der Waals surface area contributed by atoms with Crippen molar-refractivity contribution in [3.8, 4) is 0 Å². The van der Waals surface area contributed by atoms with E-state index in [1.54, 1.807) is 0 Å². The summed E-state index contributed by atoms with van der Waals surface area (Å²) in [5.41, 5.74) is 0. The predicted molar refractivity (Wildman–Crippen MR) is 39.3 cm³/mol. The van der Waals surface area contributed by atoms with E-state index in [4.69, 9.17) is 9.79 Å². The SMILES string of the molecule is CC(C)CSP(=O)(O)O. The van der Waals surface area contributed by atoms with Crippen LogP contribution in [0, 0.1) is 5.92 Å². The Labute approximate surface area is 58.8 Å². The van der Waals surface area contributed by atoms with Gasteiger partial charge in [0.05, 0.1) is 0 Å². The number of hydrogen-bond donors (Lipinski definition) is 2. The Kier molecular flexibility index (Phi) is 3.82. The van der Waals surface area contributed by atoms with Crippen LogP contribution in [0.4, 0.5) is 0 Å². The number of hydrogen-bond acceptors (Lipinski definition) is 2. The fourth-order valence-corrected chi connectivity index (χ4v) is 2.22. The van der Waals surface area contributed by atoms with Crippen LogP contribution in [-0.4, -0.2) is 15.5 Å². The molecule has 0 aliphatic rings. The first-order valence-electron chi connectivity index (χ1n) is 2.62. The minimum Gasteiger partial charge on any atom is -0.317 e. The van der Waals surface area contributed by atoms with Gasteiger partial charge in [0, 0.05) is 5.75 Å². The van der Waals surface area contributed by atoms with Crippen LogP contribution in [0.1, 0.15) is 13.8 Å². The minimum absolute atomic E-state index is 0.336. The second-order valence-electron chi connectivity index (χ2n) is 2.18. The molecule has 0 saturated heterocycles. The topological polar surface area (TPSA) is 57.5 Å². The molecule has 0 aliphatic heterocycles. The summed E-state index contributed by atoms with van der Waals surface area (Å²) >= 11 is 0.708. The van der Waals surface area contributed by atoms with Crippen molar-refractivity contribution < 1.29 is 14.4 Å². The van der Waals surface area contributed by atoms with E-state index in [2.05, 4.69) is 0 Å². The van der Waals surface area contributed by atoms with Crippen LogP contribution in [0.15, 0.2) is 0 Å². The predicted octanol–water partition coefficient (Wildman–Crippen LogP) is 1.47. The second kappa shape index (κ2) is 3.62. The van der Waals surface area contributed by atoms with E-state index in [0.29, 0.717) is 23.1 Å². The van der Waals surface area contributed by atoms with Gasteiger partial charge in [-0.3, -0.25) is 0 Å². The third-order valence-corrected chi connectivity index (χ3v) is 3.18. The summed E-state index contributed by atoms with van der Waals surface area (Å²) in [6, 6.07) is 0. The Morgan fingerprint density at radius 1 is 1.56 bits per heavy atom. The Bertz CT molecular complexity index is 119. The van der Waals surface area contributed by atoms with E-state index in [1.807, 2.05) is 13.8 Å². The van der Waals surface area contributed by atoms with Gasteiger partial charge < -0.3 is 9.79 Å². The average Bonchev–Trinajstić information content (AvgIpc) is 1.59. The van der Waals surface area contributed by atoms with Crippen molar-refractivity contribution in [3.63, 3.8) is 0 Å². The molecule has 0 aliphatic carbocycles. The minimum atomic E-state index is -3.80. The third-order valence-electron chi connectivity index (χ3n) is 0.576. The third kappa shape index (κ3) is 8.50. The molecule has 56 valence electrons. The molecule has 9 heavy (non-hydrogen) atoms. The molecule has 0 radical (unpaired) electrons. The van der Waals surface area contributed by atoms with Gasteiger partial charge in [0.2, 0.25) is 0 Å². The van der Waals surface area contributed by atoms with E-state index in [9.17, 15) is 4.57 Å². The molecular weight excluding hydrogens is 159 g/mol. The van der Waals surface area contributed by atoms with E-state index in [0.717, 1.165) is 0 Å². The molecule has 0 bridgehead atoms. The first-order valence-corrected chi connectivity index (χ1v) is 5.82. The highest BCUT2D eigenvalue weighted by atomic mass is 32.7. The lowest BCUT2D eigenvalue weighted by molar-refractivity contribution is 0.396. The van der Waals surface area contributed by atoms with Crippen LogP contribution in [0.2, 0.25) is 0 Å². The first kappa shape index (κ1) is 9.50. The Hall–Kier alpha value is 0.500. The molecule has 0 heterocycles. The molecule has 0 amide bonds. The van der Waals surface area contributed by atoms with Crippen molar-refractivity contribution in [2.45, 2.75) is 13.8 Å². The van der Waals surface area contributed by atoms with Gasteiger partial charge in [-0.1, -0.05) is 13.8 Å². The molecule has 0 unspecified atom stereocenters. The summed E-state index contributed by atoms with van der Waals surface area (Å²) in [6.07, 6.45) is 0. The summed E-state index contributed by atoms with van der Waals surface area (Å²) in [6.45, 7) is 0.0357. The summed E-state index contributed by atoms with van der Waals surface area (Å²) < 4.78 is 10.2. The summed E-state index contributed by atoms with van der Waals surface area (Å²) in [5, 5.41) is 0. The fraction of sp³-hybridized carbons (Fsp3) is 1.00. The summed E-state index contributed by atoms with van der Waals surface area (Å²) in [4.78, 5) is 16.7. The standard InChI is InChI=1S/C4H11O3PS/c1-4(2)3-9-8(5,6)7/h4H,3H2,1-2H3,(H2,5,6,7). The van der Waals surface area contributed by atoms with Gasteiger partial charge in [-0.05, 0) is 17.3 Å². The van der Waals surface area contributed by atoms with Crippen LogP contribution in [0.3, 0.4) is 0 Å². The highest BCUT2D eigenvalue weighted by Gasteiger charge is 2.13. The molecule has 0 aromatic heterocycles. The van der Waals surface area contributed by atoms with Gasteiger partial charge >= 0.3 is 6.80 Å². The van der Waals surface area contributed by atoms with E-state index in [1.165, 1.54) is 0 Å². The maximum Gasteiger partial charge on any atom is 0.383 e. The lowest BCUT2D eigenvalue weighted by atomic mass is 10.3. The number of rotatable bonds is 3.